The Hall–Kier alpha value is -2.83. The largest absolute Gasteiger partial charge is 0.497 e. The molecule has 0 saturated heterocycles. The monoisotopic (exact) mass is 345 g/mol. The van der Waals surface area contributed by atoms with Crippen molar-refractivity contribution in [2.24, 2.45) is 0 Å². The van der Waals surface area contributed by atoms with Gasteiger partial charge in [0, 0.05) is 12.1 Å². The first-order valence-electron chi connectivity index (χ1n) is 8.07. The van der Waals surface area contributed by atoms with Crippen LogP contribution in [0.2, 0.25) is 0 Å². The third kappa shape index (κ3) is 5.07. The predicted molar refractivity (Wildman–Crippen MR) is 93.5 cm³/mol. The minimum absolute atomic E-state index is 0.0888. The summed E-state index contributed by atoms with van der Waals surface area (Å²) in [6.07, 6.45) is 0.794. The topological polar surface area (TPSA) is 82.4 Å². The fourth-order valence-electron chi connectivity index (χ4n) is 2.26. The van der Waals surface area contributed by atoms with E-state index >= 15 is 0 Å². The third-order valence-electron chi connectivity index (χ3n) is 3.60. The molecule has 0 saturated carbocycles. The highest BCUT2D eigenvalue weighted by Gasteiger charge is 2.20. The SMILES string of the molecule is COc1ccc(CC(=O)O[C@@H](C)C(=O)Nc2ccnn2C(C)C)cc1. The van der Waals surface area contributed by atoms with Gasteiger partial charge in [-0.1, -0.05) is 12.1 Å². The standard InChI is InChI=1S/C18H23N3O4/c1-12(2)21-16(9-10-19-21)20-18(23)13(3)25-17(22)11-14-5-7-15(24-4)8-6-14/h5-10,12-13H,11H2,1-4H3,(H,20,23)/t13-/m0/s1. The van der Waals surface area contributed by atoms with E-state index in [-0.39, 0.29) is 12.5 Å². The number of anilines is 1. The van der Waals surface area contributed by atoms with E-state index in [2.05, 4.69) is 10.4 Å². The van der Waals surface area contributed by atoms with Crippen molar-refractivity contribution >= 4 is 17.7 Å². The fourth-order valence-corrected chi connectivity index (χ4v) is 2.26. The van der Waals surface area contributed by atoms with Crippen LogP contribution in [0.5, 0.6) is 5.75 Å². The molecule has 0 fully saturated rings. The first-order valence-corrected chi connectivity index (χ1v) is 8.07. The van der Waals surface area contributed by atoms with Crippen molar-refractivity contribution in [1.82, 2.24) is 9.78 Å². The van der Waals surface area contributed by atoms with Gasteiger partial charge >= 0.3 is 5.97 Å². The van der Waals surface area contributed by atoms with Crippen LogP contribution in [0, 0.1) is 0 Å². The van der Waals surface area contributed by atoms with E-state index in [4.69, 9.17) is 9.47 Å². The smallest absolute Gasteiger partial charge is 0.311 e. The summed E-state index contributed by atoms with van der Waals surface area (Å²) >= 11 is 0. The van der Waals surface area contributed by atoms with Gasteiger partial charge in [-0.05, 0) is 38.5 Å². The lowest BCUT2D eigenvalue weighted by molar-refractivity contribution is -0.152. The second kappa shape index (κ2) is 8.32. The number of nitrogens with zero attached hydrogens (tertiary/aromatic N) is 2. The van der Waals surface area contributed by atoms with Crippen molar-refractivity contribution in [3.05, 3.63) is 42.1 Å². The van der Waals surface area contributed by atoms with E-state index in [0.717, 1.165) is 5.56 Å². The van der Waals surface area contributed by atoms with Crippen LogP contribution in [0.15, 0.2) is 36.5 Å². The summed E-state index contributed by atoms with van der Waals surface area (Å²) in [6, 6.07) is 8.91. The summed E-state index contributed by atoms with van der Waals surface area (Å²) in [7, 11) is 1.58. The molecule has 1 N–H and O–H groups in total. The normalized spacial score (nSPS) is 11.9. The Kier molecular flexibility index (Phi) is 6.16. The van der Waals surface area contributed by atoms with E-state index in [9.17, 15) is 9.59 Å². The Labute approximate surface area is 146 Å². The van der Waals surface area contributed by atoms with Gasteiger partial charge in [0.1, 0.15) is 11.6 Å². The molecule has 2 aromatic rings. The molecular formula is C18H23N3O4. The van der Waals surface area contributed by atoms with E-state index in [1.807, 2.05) is 13.8 Å². The molecule has 134 valence electrons. The zero-order valence-corrected chi connectivity index (χ0v) is 14.9. The summed E-state index contributed by atoms with van der Waals surface area (Å²) < 4.78 is 12.0. The number of methoxy groups -OCH3 is 1. The zero-order valence-electron chi connectivity index (χ0n) is 14.9. The van der Waals surface area contributed by atoms with Crippen molar-refractivity contribution in [3.63, 3.8) is 0 Å². The third-order valence-corrected chi connectivity index (χ3v) is 3.60. The average Bonchev–Trinajstić information content (AvgIpc) is 3.03. The number of aromatic nitrogens is 2. The Bertz CT molecular complexity index is 722. The van der Waals surface area contributed by atoms with Crippen LogP contribution in [0.25, 0.3) is 0 Å². The molecule has 7 nitrogen and oxygen atoms in total. The van der Waals surface area contributed by atoms with Gasteiger partial charge in [0.05, 0.1) is 19.7 Å². The lowest BCUT2D eigenvalue weighted by Gasteiger charge is -2.15. The Morgan fingerprint density at radius 3 is 2.44 bits per heavy atom. The quantitative estimate of drug-likeness (QED) is 0.780. The lowest BCUT2D eigenvalue weighted by Crippen LogP contribution is -2.31. The molecule has 1 aromatic heterocycles. The fraction of sp³-hybridized carbons (Fsp3) is 0.389. The number of rotatable bonds is 7. The van der Waals surface area contributed by atoms with Crippen LogP contribution < -0.4 is 10.1 Å². The number of benzene rings is 1. The number of esters is 1. The van der Waals surface area contributed by atoms with E-state index in [1.54, 1.807) is 48.3 Å². The summed E-state index contributed by atoms with van der Waals surface area (Å²) in [6.45, 7) is 5.46. The Balaban J connectivity index is 1.89. The number of carbonyl (C=O) groups is 2. The maximum absolute atomic E-state index is 12.2. The highest BCUT2D eigenvalue weighted by molar-refractivity contribution is 5.94. The molecule has 1 heterocycles. The number of ether oxygens (including phenoxy) is 2. The molecule has 0 spiro atoms. The summed E-state index contributed by atoms with van der Waals surface area (Å²) in [5.41, 5.74) is 0.788. The van der Waals surface area contributed by atoms with Crippen molar-refractivity contribution in [3.8, 4) is 5.75 Å². The first-order chi connectivity index (χ1) is 11.9. The summed E-state index contributed by atoms with van der Waals surface area (Å²) in [4.78, 5) is 24.2. The van der Waals surface area contributed by atoms with Gasteiger partial charge in [-0.3, -0.25) is 9.59 Å². The second-order valence-corrected chi connectivity index (χ2v) is 5.90. The predicted octanol–water partition coefficient (Wildman–Crippen LogP) is 2.59. The van der Waals surface area contributed by atoms with Gasteiger partial charge in [-0.2, -0.15) is 5.10 Å². The summed E-state index contributed by atoms with van der Waals surface area (Å²) in [5.74, 6) is 0.417. The molecule has 7 heteroatoms. The Morgan fingerprint density at radius 1 is 1.16 bits per heavy atom. The molecule has 0 unspecified atom stereocenters. The number of hydrogen-bond donors (Lipinski definition) is 1. The first kappa shape index (κ1) is 18.5. The van der Waals surface area contributed by atoms with Crippen molar-refractivity contribution in [1.29, 1.82) is 0 Å². The van der Waals surface area contributed by atoms with Gasteiger partial charge in [-0.25, -0.2) is 4.68 Å². The van der Waals surface area contributed by atoms with Gasteiger partial charge in [0.2, 0.25) is 0 Å². The minimum atomic E-state index is -0.902. The van der Waals surface area contributed by atoms with Gasteiger partial charge in [0.15, 0.2) is 6.10 Å². The average molecular weight is 345 g/mol. The molecule has 0 aliphatic heterocycles. The lowest BCUT2D eigenvalue weighted by atomic mass is 10.1. The van der Waals surface area contributed by atoms with Gasteiger partial charge < -0.3 is 14.8 Å². The van der Waals surface area contributed by atoms with E-state index < -0.39 is 18.0 Å². The molecular weight excluding hydrogens is 322 g/mol. The van der Waals surface area contributed by atoms with Crippen LogP contribution in [0.3, 0.4) is 0 Å². The molecule has 1 atom stereocenters. The number of carbonyl (C=O) groups excluding carboxylic acids is 2. The van der Waals surface area contributed by atoms with Crippen molar-refractivity contribution in [2.45, 2.75) is 39.3 Å². The zero-order chi connectivity index (χ0) is 18.4. The highest BCUT2D eigenvalue weighted by Crippen LogP contribution is 2.14. The van der Waals surface area contributed by atoms with Crippen LogP contribution in [-0.2, 0) is 20.7 Å². The van der Waals surface area contributed by atoms with Crippen LogP contribution in [0.1, 0.15) is 32.4 Å². The number of nitrogens with one attached hydrogen (secondary N) is 1. The van der Waals surface area contributed by atoms with Gasteiger partial charge in [0.25, 0.3) is 5.91 Å². The number of hydrogen-bond acceptors (Lipinski definition) is 5. The summed E-state index contributed by atoms with van der Waals surface area (Å²) in [5, 5.41) is 6.87. The highest BCUT2D eigenvalue weighted by atomic mass is 16.5. The number of amides is 1. The van der Waals surface area contributed by atoms with Crippen LogP contribution in [0.4, 0.5) is 5.82 Å². The maximum atomic E-state index is 12.2. The molecule has 0 radical (unpaired) electrons. The molecule has 25 heavy (non-hydrogen) atoms. The van der Waals surface area contributed by atoms with Crippen molar-refractivity contribution < 1.29 is 19.1 Å². The minimum Gasteiger partial charge on any atom is -0.497 e. The van der Waals surface area contributed by atoms with Crippen LogP contribution in [-0.4, -0.2) is 34.9 Å². The van der Waals surface area contributed by atoms with Gasteiger partial charge in [-0.15, -0.1) is 0 Å². The maximum Gasteiger partial charge on any atom is 0.311 e. The molecule has 1 aromatic carbocycles. The molecule has 2 rings (SSSR count). The van der Waals surface area contributed by atoms with E-state index in [1.165, 1.54) is 6.92 Å². The molecule has 0 bridgehead atoms. The molecule has 0 aliphatic carbocycles. The van der Waals surface area contributed by atoms with Crippen molar-refractivity contribution in [2.75, 3.05) is 12.4 Å². The molecule has 0 aliphatic rings. The van der Waals surface area contributed by atoms with E-state index in [0.29, 0.717) is 11.6 Å². The molecule has 1 amide bonds. The van der Waals surface area contributed by atoms with Crippen LogP contribution >= 0.6 is 0 Å². The second-order valence-electron chi connectivity index (χ2n) is 5.90. The Morgan fingerprint density at radius 2 is 1.84 bits per heavy atom.